The maximum atomic E-state index is 13.6. The van der Waals surface area contributed by atoms with Gasteiger partial charge in [-0.2, -0.15) is 0 Å². The molecule has 2 rings (SSSR count). The smallest absolute Gasteiger partial charge is 0.261 e. The first kappa shape index (κ1) is 15.3. The summed E-state index contributed by atoms with van der Waals surface area (Å²) < 4.78 is 36.0. The van der Waals surface area contributed by atoms with Gasteiger partial charge in [-0.15, -0.1) is 0 Å². The molecule has 0 atom stereocenters. The zero-order valence-corrected chi connectivity index (χ0v) is 12.5. The van der Waals surface area contributed by atoms with E-state index in [-0.39, 0.29) is 15.9 Å². The number of carbonyl (C=O) groups is 1. The molecule has 1 aromatic rings. The molecule has 0 radical (unpaired) electrons. The van der Waals surface area contributed by atoms with Gasteiger partial charge in [0, 0.05) is 17.2 Å². The molecule has 20 heavy (non-hydrogen) atoms. The number of hydrogen-bond donors (Lipinski definition) is 1. The fraction of sp³-hybridized carbons (Fsp3) is 0.462. The summed E-state index contributed by atoms with van der Waals surface area (Å²) in [5, 5.41) is 2.66. The van der Waals surface area contributed by atoms with E-state index in [9.17, 15) is 17.6 Å². The molecule has 0 heterocycles. The second-order valence-electron chi connectivity index (χ2n) is 5.12. The first-order chi connectivity index (χ1) is 9.27. The summed E-state index contributed by atoms with van der Waals surface area (Å²) in [6.07, 6.45) is 3.04. The standard InChI is InChI=1S/C13H15ClFNO3S/c1-2-13(5-6-13)8-16-12(17)10-7-9(20(14,18)19)3-4-11(10)15/h3-4,7H,2,5-6,8H2,1H3,(H,16,17). The van der Waals surface area contributed by atoms with Crippen LogP contribution in [-0.2, 0) is 9.05 Å². The van der Waals surface area contributed by atoms with Crippen LogP contribution in [0.5, 0.6) is 0 Å². The van der Waals surface area contributed by atoms with Crippen LogP contribution in [0.3, 0.4) is 0 Å². The molecule has 1 saturated carbocycles. The Hall–Kier alpha value is -1.14. The minimum atomic E-state index is -3.99. The van der Waals surface area contributed by atoms with Crippen LogP contribution in [0, 0.1) is 11.2 Å². The van der Waals surface area contributed by atoms with Gasteiger partial charge in [0.25, 0.3) is 15.0 Å². The van der Waals surface area contributed by atoms with E-state index in [1.54, 1.807) is 0 Å². The molecule has 110 valence electrons. The lowest BCUT2D eigenvalue weighted by Crippen LogP contribution is -2.30. The molecule has 1 aliphatic carbocycles. The van der Waals surface area contributed by atoms with Crippen molar-refractivity contribution in [3.63, 3.8) is 0 Å². The molecule has 0 spiro atoms. The van der Waals surface area contributed by atoms with E-state index in [0.717, 1.165) is 37.5 Å². The lowest BCUT2D eigenvalue weighted by Gasteiger charge is -2.13. The van der Waals surface area contributed by atoms with Gasteiger partial charge >= 0.3 is 0 Å². The van der Waals surface area contributed by atoms with Gasteiger partial charge < -0.3 is 5.32 Å². The summed E-state index contributed by atoms with van der Waals surface area (Å²) in [5.74, 6) is -1.39. The molecular formula is C13H15ClFNO3S. The van der Waals surface area contributed by atoms with Gasteiger partial charge in [-0.3, -0.25) is 4.79 Å². The summed E-state index contributed by atoms with van der Waals surface area (Å²) >= 11 is 0. The van der Waals surface area contributed by atoms with Crippen molar-refractivity contribution in [1.82, 2.24) is 5.32 Å². The minimum absolute atomic E-state index is 0.127. The number of benzene rings is 1. The summed E-state index contributed by atoms with van der Waals surface area (Å²) in [7, 11) is 1.20. The molecular weight excluding hydrogens is 305 g/mol. The fourth-order valence-electron chi connectivity index (χ4n) is 2.03. The quantitative estimate of drug-likeness (QED) is 0.849. The highest BCUT2D eigenvalue weighted by atomic mass is 35.7. The first-order valence-corrected chi connectivity index (χ1v) is 8.61. The molecule has 0 aliphatic heterocycles. The summed E-state index contributed by atoms with van der Waals surface area (Å²) in [4.78, 5) is 11.7. The van der Waals surface area contributed by atoms with Crippen molar-refractivity contribution in [3.05, 3.63) is 29.6 Å². The third-order valence-electron chi connectivity index (χ3n) is 3.80. The number of halogens is 2. The Morgan fingerprint density at radius 1 is 1.45 bits per heavy atom. The van der Waals surface area contributed by atoms with Crippen LogP contribution < -0.4 is 5.32 Å². The molecule has 0 bridgehead atoms. The van der Waals surface area contributed by atoms with Crippen molar-refractivity contribution in [2.45, 2.75) is 31.1 Å². The van der Waals surface area contributed by atoms with Gasteiger partial charge in [0.05, 0.1) is 10.5 Å². The molecule has 1 aromatic carbocycles. The van der Waals surface area contributed by atoms with Crippen molar-refractivity contribution in [2.24, 2.45) is 5.41 Å². The van der Waals surface area contributed by atoms with Crippen LogP contribution in [0.4, 0.5) is 4.39 Å². The summed E-state index contributed by atoms with van der Waals surface area (Å²) in [6.45, 7) is 2.51. The lowest BCUT2D eigenvalue weighted by molar-refractivity contribution is 0.0940. The monoisotopic (exact) mass is 319 g/mol. The summed E-state index contributed by atoms with van der Waals surface area (Å²) in [5.41, 5.74) is -0.180. The van der Waals surface area contributed by atoms with Crippen LogP contribution >= 0.6 is 10.7 Å². The maximum absolute atomic E-state index is 13.6. The van der Waals surface area contributed by atoms with Crippen molar-refractivity contribution in [3.8, 4) is 0 Å². The second kappa shape index (κ2) is 5.33. The molecule has 7 heteroatoms. The van der Waals surface area contributed by atoms with Gasteiger partial charge in [0.2, 0.25) is 0 Å². The maximum Gasteiger partial charge on any atom is 0.261 e. The third-order valence-corrected chi connectivity index (χ3v) is 5.15. The van der Waals surface area contributed by atoms with Crippen molar-refractivity contribution < 1.29 is 17.6 Å². The average Bonchev–Trinajstić information content (AvgIpc) is 3.16. The van der Waals surface area contributed by atoms with E-state index in [1.165, 1.54) is 0 Å². The Morgan fingerprint density at radius 2 is 2.10 bits per heavy atom. The van der Waals surface area contributed by atoms with Crippen molar-refractivity contribution >= 4 is 25.6 Å². The molecule has 0 unspecified atom stereocenters. The fourth-order valence-corrected chi connectivity index (χ4v) is 2.80. The Kier molecular flexibility index (Phi) is 4.07. The highest BCUT2D eigenvalue weighted by Crippen LogP contribution is 2.47. The highest BCUT2D eigenvalue weighted by molar-refractivity contribution is 8.13. The lowest BCUT2D eigenvalue weighted by atomic mass is 10.0. The van der Waals surface area contributed by atoms with E-state index in [0.29, 0.717) is 6.54 Å². The van der Waals surface area contributed by atoms with Crippen LogP contribution in [-0.4, -0.2) is 20.9 Å². The van der Waals surface area contributed by atoms with Gasteiger partial charge in [-0.25, -0.2) is 12.8 Å². The largest absolute Gasteiger partial charge is 0.351 e. The summed E-state index contributed by atoms with van der Waals surface area (Å²) in [6, 6.07) is 2.91. The van der Waals surface area contributed by atoms with Crippen LogP contribution in [0.2, 0.25) is 0 Å². The number of hydrogen-bond acceptors (Lipinski definition) is 3. The molecule has 1 aliphatic rings. The Balaban J connectivity index is 2.17. The van der Waals surface area contributed by atoms with E-state index in [2.05, 4.69) is 5.32 Å². The van der Waals surface area contributed by atoms with Crippen LogP contribution in [0.15, 0.2) is 23.1 Å². The van der Waals surface area contributed by atoms with Gasteiger partial charge in [0.15, 0.2) is 0 Å². The highest BCUT2D eigenvalue weighted by Gasteiger charge is 2.40. The van der Waals surface area contributed by atoms with Crippen molar-refractivity contribution in [1.29, 1.82) is 0 Å². The van der Waals surface area contributed by atoms with Gasteiger partial charge in [-0.1, -0.05) is 6.92 Å². The van der Waals surface area contributed by atoms with E-state index in [4.69, 9.17) is 10.7 Å². The van der Waals surface area contributed by atoms with E-state index < -0.39 is 20.8 Å². The number of amides is 1. The van der Waals surface area contributed by atoms with Gasteiger partial charge in [-0.05, 0) is 42.9 Å². The normalized spacial score (nSPS) is 16.8. The Labute approximate surface area is 121 Å². The molecule has 1 amide bonds. The van der Waals surface area contributed by atoms with E-state index in [1.807, 2.05) is 6.92 Å². The number of rotatable bonds is 5. The second-order valence-corrected chi connectivity index (χ2v) is 7.68. The third kappa shape index (κ3) is 3.30. The van der Waals surface area contributed by atoms with Crippen LogP contribution in [0.1, 0.15) is 36.5 Å². The topological polar surface area (TPSA) is 63.2 Å². The van der Waals surface area contributed by atoms with Crippen molar-refractivity contribution in [2.75, 3.05) is 6.54 Å². The number of nitrogens with one attached hydrogen (secondary N) is 1. The zero-order chi connectivity index (χ0) is 15.0. The number of carbonyl (C=O) groups excluding carboxylic acids is 1. The SMILES string of the molecule is CCC1(CNC(=O)c2cc(S(=O)(=O)Cl)ccc2F)CC1. The molecule has 1 fully saturated rings. The average molecular weight is 320 g/mol. The minimum Gasteiger partial charge on any atom is -0.351 e. The zero-order valence-electron chi connectivity index (χ0n) is 10.9. The first-order valence-electron chi connectivity index (χ1n) is 6.30. The molecule has 0 aromatic heterocycles. The molecule has 1 N–H and O–H groups in total. The predicted octanol–water partition coefficient (Wildman–Crippen LogP) is 2.67. The van der Waals surface area contributed by atoms with E-state index >= 15 is 0 Å². The Bertz CT molecular complexity index is 641. The molecule has 4 nitrogen and oxygen atoms in total. The van der Waals surface area contributed by atoms with Crippen LogP contribution in [0.25, 0.3) is 0 Å². The van der Waals surface area contributed by atoms with Gasteiger partial charge in [0.1, 0.15) is 5.82 Å². The molecule has 0 saturated heterocycles. The Morgan fingerprint density at radius 3 is 2.60 bits per heavy atom. The predicted molar refractivity (Wildman–Crippen MR) is 73.7 cm³/mol.